The molecule has 4 rings (SSSR count). The Morgan fingerprint density at radius 1 is 1.21 bits per heavy atom. The molecule has 11 heteroatoms. The Morgan fingerprint density at radius 3 is 2.50 bits per heavy atom. The summed E-state index contributed by atoms with van der Waals surface area (Å²) in [4.78, 5) is 14.4. The van der Waals surface area contributed by atoms with E-state index in [0.29, 0.717) is 46.6 Å². The first-order valence-electron chi connectivity index (χ1n) is 10.7. The highest BCUT2D eigenvalue weighted by atomic mass is 79.9. The Kier molecular flexibility index (Phi) is 7.27. The minimum atomic E-state index is -3.61. The van der Waals surface area contributed by atoms with Crippen LogP contribution < -0.4 is 10.0 Å². The highest BCUT2D eigenvalue weighted by Crippen LogP contribution is 2.37. The van der Waals surface area contributed by atoms with Gasteiger partial charge in [-0.15, -0.1) is 0 Å². The number of benzene rings is 2. The minimum absolute atomic E-state index is 0.214. The number of carbonyl (C=O) groups excluding carboxylic acids is 1. The van der Waals surface area contributed by atoms with Gasteiger partial charge in [0.2, 0.25) is 10.0 Å². The number of furan rings is 1. The van der Waals surface area contributed by atoms with Crippen molar-refractivity contribution >= 4 is 48.5 Å². The topological polar surface area (TPSA) is 106 Å². The van der Waals surface area contributed by atoms with Crippen LogP contribution in [-0.4, -0.2) is 64.9 Å². The number of fused-ring (bicyclic) bond motifs is 1. The van der Waals surface area contributed by atoms with Crippen molar-refractivity contribution in [3.63, 3.8) is 0 Å². The van der Waals surface area contributed by atoms with Crippen LogP contribution in [0.1, 0.15) is 21.7 Å². The summed E-state index contributed by atoms with van der Waals surface area (Å²) in [5.74, 6) is -0.699. The van der Waals surface area contributed by atoms with E-state index in [9.17, 15) is 17.6 Å². The summed E-state index contributed by atoms with van der Waals surface area (Å²) in [6.45, 7) is 3.51. The molecule has 8 nitrogen and oxygen atoms in total. The lowest BCUT2D eigenvalue weighted by molar-refractivity contribution is 0.0395. The molecule has 0 spiro atoms. The van der Waals surface area contributed by atoms with Crippen LogP contribution in [0.4, 0.5) is 10.1 Å². The molecule has 3 aromatic rings. The third kappa shape index (κ3) is 5.43. The maximum atomic E-state index is 13.3. The largest absolute Gasteiger partial charge is 0.460 e. The summed E-state index contributed by atoms with van der Waals surface area (Å²) in [6, 6.07) is 9.11. The number of primary amides is 1. The van der Waals surface area contributed by atoms with E-state index in [1.165, 1.54) is 16.4 Å². The van der Waals surface area contributed by atoms with Gasteiger partial charge in [0, 0.05) is 48.5 Å². The summed E-state index contributed by atoms with van der Waals surface area (Å²) >= 11 is 3.47. The average Bonchev–Trinajstić information content (AvgIpc) is 3.12. The molecule has 1 fully saturated rings. The maximum Gasteiger partial charge on any atom is 0.252 e. The summed E-state index contributed by atoms with van der Waals surface area (Å²) in [5.41, 5.74) is 7.35. The molecular formula is C23H25BrFN3O5S. The number of halogens is 2. The molecule has 0 atom stereocenters. The van der Waals surface area contributed by atoms with Gasteiger partial charge >= 0.3 is 0 Å². The van der Waals surface area contributed by atoms with Gasteiger partial charge in [0.1, 0.15) is 17.2 Å². The fourth-order valence-electron chi connectivity index (χ4n) is 4.05. The third-order valence-corrected chi connectivity index (χ3v) is 7.56. The molecule has 1 amide bonds. The van der Waals surface area contributed by atoms with E-state index in [2.05, 4.69) is 20.8 Å². The number of hydrogen-bond donors (Lipinski definition) is 1. The number of nitrogens with two attached hydrogens (primary N) is 1. The number of carbonyl (C=O) groups is 1. The number of ether oxygens (including phenoxy) is 1. The fourth-order valence-corrected chi connectivity index (χ4v) is 5.65. The molecule has 1 aliphatic rings. The number of anilines is 1. The lowest BCUT2D eigenvalue weighted by Crippen LogP contribution is -2.43. The smallest absolute Gasteiger partial charge is 0.252 e. The van der Waals surface area contributed by atoms with Gasteiger partial charge in [0.05, 0.1) is 30.7 Å². The molecule has 2 N–H and O–H groups in total. The Bertz CT molecular complexity index is 1300. The normalized spacial score (nSPS) is 15.0. The van der Waals surface area contributed by atoms with Crippen LogP contribution in [0.15, 0.2) is 45.3 Å². The SMILES string of the molecule is CS(=O)(=O)N(CCN1CCOCC1)c1cc2oc(Cc3ccc(F)cc3)c(C(N)=O)c2cc1Br. The molecule has 34 heavy (non-hydrogen) atoms. The molecular weight excluding hydrogens is 529 g/mol. The minimum Gasteiger partial charge on any atom is -0.460 e. The number of morpholine rings is 1. The van der Waals surface area contributed by atoms with Crippen molar-refractivity contribution in [2.75, 3.05) is 50.0 Å². The molecule has 1 aliphatic heterocycles. The Hall–Kier alpha value is -2.47. The second-order valence-corrected chi connectivity index (χ2v) is 10.9. The number of sulfonamides is 1. The van der Waals surface area contributed by atoms with Gasteiger partial charge in [-0.3, -0.25) is 14.0 Å². The van der Waals surface area contributed by atoms with Crippen molar-refractivity contribution in [1.29, 1.82) is 0 Å². The van der Waals surface area contributed by atoms with Gasteiger partial charge in [-0.25, -0.2) is 12.8 Å². The van der Waals surface area contributed by atoms with Crippen LogP contribution in [0.5, 0.6) is 0 Å². The van der Waals surface area contributed by atoms with Gasteiger partial charge in [0.25, 0.3) is 5.91 Å². The second kappa shape index (κ2) is 10.0. The van der Waals surface area contributed by atoms with Gasteiger partial charge in [0.15, 0.2) is 0 Å². The van der Waals surface area contributed by atoms with Crippen LogP contribution in [0, 0.1) is 5.82 Å². The lowest BCUT2D eigenvalue weighted by atomic mass is 10.0. The van der Waals surface area contributed by atoms with Crippen molar-refractivity contribution in [2.24, 2.45) is 5.73 Å². The number of hydrogen-bond acceptors (Lipinski definition) is 6. The first-order chi connectivity index (χ1) is 16.1. The van der Waals surface area contributed by atoms with Gasteiger partial charge < -0.3 is 14.9 Å². The molecule has 0 radical (unpaired) electrons. The van der Waals surface area contributed by atoms with Crippen LogP contribution in [0.2, 0.25) is 0 Å². The lowest BCUT2D eigenvalue weighted by Gasteiger charge is -2.30. The quantitative estimate of drug-likeness (QED) is 0.459. The Labute approximate surface area is 205 Å². The zero-order valence-electron chi connectivity index (χ0n) is 18.6. The monoisotopic (exact) mass is 553 g/mol. The number of rotatable bonds is 8. The van der Waals surface area contributed by atoms with Gasteiger partial charge in [-0.2, -0.15) is 0 Å². The molecule has 1 aromatic heterocycles. The van der Waals surface area contributed by atoms with Crippen molar-refractivity contribution < 1.29 is 26.8 Å². The number of amides is 1. The van der Waals surface area contributed by atoms with Gasteiger partial charge in [-0.1, -0.05) is 12.1 Å². The summed E-state index contributed by atoms with van der Waals surface area (Å²) in [5, 5.41) is 0.474. The van der Waals surface area contributed by atoms with Crippen LogP contribution in [-0.2, 0) is 21.2 Å². The first kappa shape index (κ1) is 24.6. The molecule has 182 valence electrons. The Balaban J connectivity index is 1.71. The summed E-state index contributed by atoms with van der Waals surface area (Å²) in [6.07, 6.45) is 1.38. The fraction of sp³-hybridized carbons (Fsp3) is 0.348. The average molecular weight is 554 g/mol. The van der Waals surface area contributed by atoms with Crippen LogP contribution in [0.3, 0.4) is 0 Å². The zero-order chi connectivity index (χ0) is 24.5. The van der Waals surface area contributed by atoms with E-state index in [0.717, 1.165) is 24.9 Å². The molecule has 0 bridgehead atoms. The van der Waals surface area contributed by atoms with Crippen molar-refractivity contribution in [3.05, 3.63) is 63.6 Å². The van der Waals surface area contributed by atoms with Crippen molar-refractivity contribution in [2.45, 2.75) is 6.42 Å². The zero-order valence-corrected chi connectivity index (χ0v) is 21.0. The van der Waals surface area contributed by atoms with Gasteiger partial charge in [-0.05, 0) is 39.7 Å². The number of nitrogens with zero attached hydrogens (tertiary/aromatic N) is 2. The van der Waals surface area contributed by atoms with Crippen LogP contribution in [0.25, 0.3) is 11.0 Å². The van der Waals surface area contributed by atoms with Crippen LogP contribution >= 0.6 is 15.9 Å². The van der Waals surface area contributed by atoms with E-state index >= 15 is 0 Å². The highest BCUT2D eigenvalue weighted by molar-refractivity contribution is 9.10. The summed E-state index contributed by atoms with van der Waals surface area (Å²) < 4.78 is 51.8. The third-order valence-electron chi connectivity index (χ3n) is 5.75. The molecule has 0 aliphatic carbocycles. The van der Waals surface area contributed by atoms with E-state index in [1.54, 1.807) is 24.3 Å². The second-order valence-electron chi connectivity index (χ2n) is 8.16. The first-order valence-corrected chi connectivity index (χ1v) is 13.3. The van der Waals surface area contributed by atoms with Crippen molar-refractivity contribution in [1.82, 2.24) is 4.90 Å². The molecule has 0 saturated carbocycles. The van der Waals surface area contributed by atoms with E-state index in [4.69, 9.17) is 14.9 Å². The molecule has 0 unspecified atom stereocenters. The molecule has 1 saturated heterocycles. The van der Waals surface area contributed by atoms with E-state index < -0.39 is 15.9 Å². The highest BCUT2D eigenvalue weighted by Gasteiger charge is 2.26. The maximum absolute atomic E-state index is 13.3. The molecule has 2 heterocycles. The van der Waals surface area contributed by atoms with Crippen molar-refractivity contribution in [3.8, 4) is 0 Å². The summed E-state index contributed by atoms with van der Waals surface area (Å²) in [7, 11) is -3.61. The molecule has 2 aromatic carbocycles. The predicted octanol–water partition coefficient (Wildman–Crippen LogP) is 3.12. The predicted molar refractivity (Wildman–Crippen MR) is 131 cm³/mol. The Morgan fingerprint density at radius 2 is 1.88 bits per heavy atom. The van der Waals surface area contributed by atoms with E-state index in [-0.39, 0.29) is 24.3 Å². The standard InChI is InChI=1S/C23H25BrFN3O5S/c1-34(30,31)28(7-6-27-8-10-32-11-9-27)19-14-20-17(13-18(19)24)22(23(26)29)21(33-20)12-15-2-4-16(25)5-3-15/h2-5,13-14H,6-12H2,1H3,(H2,26,29). The van der Waals surface area contributed by atoms with E-state index in [1.807, 2.05) is 0 Å².